The lowest BCUT2D eigenvalue weighted by atomic mass is 10.1. The van der Waals surface area contributed by atoms with Gasteiger partial charge in [-0.3, -0.25) is 4.90 Å². The van der Waals surface area contributed by atoms with E-state index in [2.05, 4.69) is 26.8 Å². The summed E-state index contributed by atoms with van der Waals surface area (Å²) in [6.07, 6.45) is 4.20. The molecule has 0 aromatic carbocycles. The molecule has 1 aliphatic rings. The van der Waals surface area contributed by atoms with Crippen molar-refractivity contribution in [3.05, 3.63) is 11.8 Å². The molecule has 1 rings (SSSR count). The highest BCUT2D eigenvalue weighted by Gasteiger charge is 2.28. The lowest BCUT2D eigenvalue weighted by molar-refractivity contribution is 0.147. The molecular weight excluding hydrogens is 224 g/mol. The number of hydrogen-bond donors (Lipinski definition) is 0. The highest BCUT2D eigenvalue weighted by Crippen LogP contribution is 2.19. The van der Waals surface area contributed by atoms with E-state index in [1.54, 1.807) is 0 Å². The van der Waals surface area contributed by atoms with Crippen molar-refractivity contribution in [2.24, 2.45) is 0 Å². The molecular formula is C12H23ClN2O. The quantitative estimate of drug-likeness (QED) is 0.747. The van der Waals surface area contributed by atoms with Crippen LogP contribution in [-0.4, -0.2) is 35.0 Å². The summed E-state index contributed by atoms with van der Waals surface area (Å²) in [5.74, 6) is 0. The molecule has 0 N–H and O–H groups in total. The fourth-order valence-electron chi connectivity index (χ4n) is 2.04. The predicted octanol–water partition coefficient (Wildman–Crippen LogP) is 3.26. The summed E-state index contributed by atoms with van der Waals surface area (Å²) in [7, 11) is 0. The Labute approximate surface area is 105 Å². The van der Waals surface area contributed by atoms with Gasteiger partial charge in [-0.15, -0.1) is 12.4 Å². The van der Waals surface area contributed by atoms with Gasteiger partial charge in [0.2, 0.25) is 0 Å². The molecule has 1 heterocycles. The van der Waals surface area contributed by atoms with Crippen molar-refractivity contribution in [3.8, 4) is 0 Å². The third kappa shape index (κ3) is 3.14. The van der Waals surface area contributed by atoms with E-state index in [0.29, 0.717) is 0 Å². The molecule has 0 saturated carbocycles. The average molecular weight is 247 g/mol. The number of carbonyl (C=O) groups excluding carboxylic acids is 1. The monoisotopic (exact) mass is 246 g/mol. The summed E-state index contributed by atoms with van der Waals surface area (Å²) in [5.41, 5.74) is 1.10. The standard InChI is InChI=1S/C12H22N2O.ClH/c1-5-7-13-10(3)9-11(4)14(8-6-2)12(13)15;/h9-10H,5-8H2,1-4H3;1H. The molecule has 0 aromatic heterocycles. The molecule has 4 heteroatoms. The van der Waals surface area contributed by atoms with Gasteiger partial charge >= 0.3 is 6.03 Å². The first-order chi connectivity index (χ1) is 7.11. The number of amides is 2. The topological polar surface area (TPSA) is 23.6 Å². The van der Waals surface area contributed by atoms with Crippen molar-refractivity contribution >= 4 is 18.4 Å². The van der Waals surface area contributed by atoms with Crippen molar-refractivity contribution in [1.82, 2.24) is 9.80 Å². The summed E-state index contributed by atoms with van der Waals surface area (Å²) < 4.78 is 0. The lowest BCUT2D eigenvalue weighted by Gasteiger charge is -2.38. The van der Waals surface area contributed by atoms with Crippen LogP contribution in [0.15, 0.2) is 11.8 Å². The van der Waals surface area contributed by atoms with E-state index in [9.17, 15) is 4.79 Å². The molecule has 0 spiro atoms. The number of urea groups is 1. The Hall–Kier alpha value is -0.700. The van der Waals surface area contributed by atoms with Gasteiger partial charge in [-0.05, 0) is 32.8 Å². The molecule has 16 heavy (non-hydrogen) atoms. The number of halogens is 1. The molecule has 94 valence electrons. The Morgan fingerprint density at radius 1 is 1.25 bits per heavy atom. The Morgan fingerprint density at radius 3 is 2.31 bits per heavy atom. The number of nitrogens with zero attached hydrogens (tertiary/aromatic N) is 2. The maximum Gasteiger partial charge on any atom is 0.324 e. The van der Waals surface area contributed by atoms with Crippen LogP contribution in [-0.2, 0) is 0 Å². The van der Waals surface area contributed by atoms with Gasteiger partial charge in [-0.2, -0.15) is 0 Å². The van der Waals surface area contributed by atoms with Crippen LogP contribution < -0.4 is 0 Å². The fraction of sp³-hybridized carbons (Fsp3) is 0.750. The normalized spacial score (nSPS) is 20.6. The largest absolute Gasteiger partial charge is 0.324 e. The fourth-order valence-corrected chi connectivity index (χ4v) is 2.04. The van der Waals surface area contributed by atoms with Crippen LogP contribution in [0.1, 0.15) is 40.5 Å². The highest BCUT2D eigenvalue weighted by molar-refractivity contribution is 5.85. The van der Waals surface area contributed by atoms with Crippen molar-refractivity contribution < 1.29 is 4.79 Å². The van der Waals surface area contributed by atoms with Crippen molar-refractivity contribution in [1.29, 1.82) is 0 Å². The number of rotatable bonds is 4. The minimum absolute atomic E-state index is 0. The van der Waals surface area contributed by atoms with Gasteiger partial charge in [0, 0.05) is 18.8 Å². The van der Waals surface area contributed by atoms with Gasteiger partial charge < -0.3 is 4.90 Å². The second kappa shape index (κ2) is 6.79. The first-order valence-corrected chi connectivity index (χ1v) is 5.88. The van der Waals surface area contributed by atoms with E-state index in [0.717, 1.165) is 31.6 Å². The number of carbonyl (C=O) groups is 1. The highest BCUT2D eigenvalue weighted by atomic mass is 35.5. The number of hydrogen-bond acceptors (Lipinski definition) is 1. The van der Waals surface area contributed by atoms with Gasteiger partial charge in [0.1, 0.15) is 0 Å². The van der Waals surface area contributed by atoms with Crippen LogP contribution in [0, 0.1) is 0 Å². The van der Waals surface area contributed by atoms with Gasteiger partial charge in [0.05, 0.1) is 6.04 Å². The first kappa shape index (κ1) is 15.3. The van der Waals surface area contributed by atoms with E-state index in [-0.39, 0.29) is 24.5 Å². The van der Waals surface area contributed by atoms with Crippen LogP contribution in [0.3, 0.4) is 0 Å². The van der Waals surface area contributed by atoms with Crippen molar-refractivity contribution in [3.63, 3.8) is 0 Å². The molecule has 0 radical (unpaired) electrons. The minimum Gasteiger partial charge on any atom is -0.318 e. The summed E-state index contributed by atoms with van der Waals surface area (Å²) in [5, 5.41) is 0. The first-order valence-electron chi connectivity index (χ1n) is 5.88. The smallest absolute Gasteiger partial charge is 0.318 e. The summed E-state index contributed by atoms with van der Waals surface area (Å²) in [4.78, 5) is 16.0. The molecule has 1 unspecified atom stereocenters. The molecule has 0 saturated heterocycles. The molecule has 1 atom stereocenters. The average Bonchev–Trinajstić information content (AvgIpc) is 2.19. The van der Waals surface area contributed by atoms with E-state index in [4.69, 9.17) is 0 Å². The zero-order valence-corrected chi connectivity index (χ0v) is 11.5. The van der Waals surface area contributed by atoms with Gasteiger partial charge in [-0.1, -0.05) is 13.8 Å². The molecule has 1 aliphatic heterocycles. The van der Waals surface area contributed by atoms with Crippen LogP contribution in [0.2, 0.25) is 0 Å². The molecule has 0 aliphatic carbocycles. The minimum atomic E-state index is 0. The Balaban J connectivity index is 0.00000225. The third-order valence-electron chi connectivity index (χ3n) is 2.79. The second-order valence-electron chi connectivity index (χ2n) is 4.18. The number of allylic oxidation sites excluding steroid dienone is 1. The van der Waals surface area contributed by atoms with Crippen molar-refractivity contribution in [2.75, 3.05) is 13.1 Å². The van der Waals surface area contributed by atoms with Gasteiger partial charge in [0.15, 0.2) is 0 Å². The predicted molar refractivity (Wildman–Crippen MR) is 69.9 cm³/mol. The summed E-state index contributed by atoms with van der Waals surface area (Å²) in [6.45, 7) is 9.99. The molecule has 0 aromatic rings. The maximum atomic E-state index is 12.1. The molecule has 3 nitrogen and oxygen atoms in total. The van der Waals surface area contributed by atoms with Crippen LogP contribution in [0.5, 0.6) is 0 Å². The van der Waals surface area contributed by atoms with Gasteiger partial charge in [0.25, 0.3) is 0 Å². The van der Waals surface area contributed by atoms with E-state index in [1.165, 1.54) is 0 Å². The Bertz CT molecular complexity index is 266. The van der Waals surface area contributed by atoms with Crippen LogP contribution in [0.4, 0.5) is 4.79 Å². The van der Waals surface area contributed by atoms with Crippen molar-refractivity contribution in [2.45, 2.75) is 46.6 Å². The molecule has 0 fully saturated rings. The van der Waals surface area contributed by atoms with E-state index in [1.807, 2.05) is 16.7 Å². The van der Waals surface area contributed by atoms with Crippen LogP contribution >= 0.6 is 12.4 Å². The molecule has 0 bridgehead atoms. The van der Waals surface area contributed by atoms with E-state index < -0.39 is 0 Å². The van der Waals surface area contributed by atoms with E-state index >= 15 is 0 Å². The second-order valence-corrected chi connectivity index (χ2v) is 4.18. The zero-order chi connectivity index (χ0) is 11.4. The Kier molecular flexibility index (Phi) is 6.49. The third-order valence-corrected chi connectivity index (χ3v) is 2.79. The molecule has 2 amide bonds. The van der Waals surface area contributed by atoms with Gasteiger partial charge in [-0.25, -0.2) is 4.79 Å². The summed E-state index contributed by atoms with van der Waals surface area (Å²) in [6, 6.07) is 0.414. The Morgan fingerprint density at radius 2 is 1.81 bits per heavy atom. The lowest BCUT2D eigenvalue weighted by Crippen LogP contribution is -2.50. The summed E-state index contributed by atoms with van der Waals surface area (Å²) >= 11 is 0. The van der Waals surface area contributed by atoms with Crippen LogP contribution in [0.25, 0.3) is 0 Å². The maximum absolute atomic E-state index is 12.1. The SMILES string of the molecule is CCCN1C(=O)N(CCC)C(C)C=C1C.Cl. The zero-order valence-electron chi connectivity index (χ0n) is 10.7.